The van der Waals surface area contributed by atoms with Gasteiger partial charge < -0.3 is 9.94 Å². The molecule has 0 saturated carbocycles. The molecule has 1 heterocycles. The summed E-state index contributed by atoms with van der Waals surface area (Å²) in [5.41, 5.74) is 1.45. The Morgan fingerprint density at radius 3 is 2.59 bits per heavy atom. The number of carbonyl (C=O) groups is 1. The number of carboxylic acids is 1. The van der Waals surface area contributed by atoms with Gasteiger partial charge in [0.1, 0.15) is 6.61 Å². The van der Waals surface area contributed by atoms with Crippen molar-refractivity contribution < 1.29 is 14.7 Å². The highest BCUT2D eigenvalue weighted by Crippen LogP contribution is 2.26. The van der Waals surface area contributed by atoms with Crippen molar-refractivity contribution in [2.45, 2.75) is 6.61 Å². The van der Waals surface area contributed by atoms with Gasteiger partial charge in [0.05, 0.1) is 0 Å². The average molecular weight is 311 g/mol. The summed E-state index contributed by atoms with van der Waals surface area (Å²) in [7, 11) is 0. The topological polar surface area (TPSA) is 58.9 Å². The molecule has 3 rings (SSSR count). The molecule has 1 N–H and O–H groups in total. The van der Waals surface area contributed by atoms with E-state index < -0.39 is 5.97 Å². The highest BCUT2D eigenvalue weighted by molar-refractivity contribution is 7.17. The fraction of sp³-hybridized carbons (Fsp3) is 0.0588. The molecule has 0 aliphatic heterocycles. The predicted octanol–water partition coefficient (Wildman–Crippen LogP) is 3.91. The highest BCUT2D eigenvalue weighted by atomic mass is 32.1. The normalized spacial score (nSPS) is 11.5. The molecule has 1 aromatic heterocycles. The summed E-state index contributed by atoms with van der Waals surface area (Å²) < 4.78 is 1.02. The van der Waals surface area contributed by atoms with Gasteiger partial charge in [-0.2, -0.15) is 0 Å². The maximum atomic E-state index is 11.5. The van der Waals surface area contributed by atoms with E-state index in [-0.39, 0.29) is 12.3 Å². The van der Waals surface area contributed by atoms with E-state index in [9.17, 15) is 9.90 Å². The molecule has 0 aliphatic carbocycles. The minimum Gasteiger partial charge on any atom is -0.476 e. The van der Waals surface area contributed by atoms with Crippen LogP contribution in [0.25, 0.3) is 10.1 Å². The lowest BCUT2D eigenvalue weighted by atomic mass is 10.1. The van der Waals surface area contributed by atoms with Crippen LogP contribution in [0.15, 0.2) is 65.1 Å². The summed E-state index contributed by atoms with van der Waals surface area (Å²) in [6.45, 7) is 0.236. The smallest absolute Gasteiger partial charge is 0.358 e. The number of fused-ring (bicyclic) bond motifs is 1. The van der Waals surface area contributed by atoms with Crippen molar-refractivity contribution in [2.75, 3.05) is 0 Å². The van der Waals surface area contributed by atoms with Gasteiger partial charge in [-0.3, -0.25) is 0 Å². The van der Waals surface area contributed by atoms with Crippen LogP contribution in [-0.2, 0) is 16.2 Å². The molecule has 0 unspecified atom stereocenters. The number of nitrogens with zero attached hydrogens (tertiary/aromatic N) is 1. The number of oxime groups is 1. The van der Waals surface area contributed by atoms with Crippen LogP contribution in [-0.4, -0.2) is 16.8 Å². The Balaban J connectivity index is 1.86. The van der Waals surface area contributed by atoms with Crippen molar-refractivity contribution >= 4 is 33.1 Å². The van der Waals surface area contributed by atoms with Gasteiger partial charge in [0.2, 0.25) is 0 Å². The van der Waals surface area contributed by atoms with Gasteiger partial charge in [0.25, 0.3) is 0 Å². The van der Waals surface area contributed by atoms with E-state index in [0.717, 1.165) is 15.6 Å². The van der Waals surface area contributed by atoms with Crippen LogP contribution in [0, 0.1) is 0 Å². The Kier molecular flexibility index (Phi) is 4.16. The Morgan fingerprint density at radius 2 is 1.82 bits per heavy atom. The zero-order valence-electron chi connectivity index (χ0n) is 11.6. The van der Waals surface area contributed by atoms with Gasteiger partial charge in [-0.15, -0.1) is 11.3 Å². The van der Waals surface area contributed by atoms with Gasteiger partial charge in [-0.1, -0.05) is 53.7 Å². The van der Waals surface area contributed by atoms with Gasteiger partial charge in [-0.05, 0) is 11.6 Å². The first-order chi connectivity index (χ1) is 10.8. The lowest BCUT2D eigenvalue weighted by Gasteiger charge is -2.02. The standard InChI is InChI=1S/C17H13NO3S/c19-17(20)16(18-21-10-12-6-2-1-3-7-12)14-11-22-15-9-5-4-8-13(14)15/h1-9,11H,10H2,(H,19,20). The SMILES string of the molecule is O=C(O)C(=NOCc1ccccc1)c1csc2ccccc12. The second kappa shape index (κ2) is 6.41. The van der Waals surface area contributed by atoms with Gasteiger partial charge in [-0.25, -0.2) is 4.79 Å². The lowest BCUT2D eigenvalue weighted by molar-refractivity contribution is -0.129. The average Bonchev–Trinajstić information content (AvgIpc) is 2.96. The Bertz CT molecular complexity index is 824. The fourth-order valence-corrected chi connectivity index (χ4v) is 3.06. The quantitative estimate of drug-likeness (QED) is 0.574. The summed E-state index contributed by atoms with van der Waals surface area (Å²) in [6, 6.07) is 17.1. The summed E-state index contributed by atoms with van der Waals surface area (Å²) >= 11 is 1.49. The van der Waals surface area contributed by atoms with Gasteiger partial charge in [0.15, 0.2) is 5.71 Å². The maximum Gasteiger partial charge on any atom is 0.358 e. The second-order valence-corrected chi connectivity index (χ2v) is 5.56. The van der Waals surface area contributed by atoms with E-state index in [4.69, 9.17) is 4.84 Å². The third-order valence-electron chi connectivity index (χ3n) is 3.17. The minimum atomic E-state index is -1.10. The molecular formula is C17H13NO3S. The van der Waals surface area contributed by atoms with E-state index in [1.807, 2.05) is 54.6 Å². The number of hydrogen-bond acceptors (Lipinski definition) is 4. The van der Waals surface area contributed by atoms with E-state index in [0.29, 0.717) is 5.56 Å². The molecule has 3 aromatic rings. The summed E-state index contributed by atoms with van der Waals surface area (Å²) in [4.78, 5) is 16.7. The van der Waals surface area contributed by atoms with Crippen LogP contribution in [0.1, 0.15) is 11.1 Å². The van der Waals surface area contributed by atoms with Crippen molar-refractivity contribution in [1.29, 1.82) is 0 Å². The van der Waals surface area contributed by atoms with Crippen molar-refractivity contribution in [3.05, 3.63) is 71.1 Å². The lowest BCUT2D eigenvalue weighted by Crippen LogP contribution is -2.14. The third-order valence-corrected chi connectivity index (χ3v) is 4.13. The van der Waals surface area contributed by atoms with E-state index >= 15 is 0 Å². The molecule has 0 fully saturated rings. The molecule has 22 heavy (non-hydrogen) atoms. The highest BCUT2D eigenvalue weighted by Gasteiger charge is 2.18. The molecule has 5 heteroatoms. The van der Waals surface area contributed by atoms with Crippen molar-refractivity contribution in [3.8, 4) is 0 Å². The number of rotatable bonds is 5. The van der Waals surface area contributed by atoms with E-state index in [1.54, 1.807) is 5.38 Å². The van der Waals surface area contributed by atoms with Crippen molar-refractivity contribution in [2.24, 2.45) is 5.16 Å². The molecule has 0 aliphatic rings. The zero-order valence-corrected chi connectivity index (χ0v) is 12.4. The number of thiophene rings is 1. The first-order valence-corrected chi connectivity index (χ1v) is 7.57. The molecule has 0 spiro atoms. The minimum absolute atomic E-state index is 0.0756. The fourth-order valence-electron chi connectivity index (χ4n) is 2.11. The van der Waals surface area contributed by atoms with Crippen molar-refractivity contribution in [3.63, 3.8) is 0 Å². The second-order valence-electron chi connectivity index (χ2n) is 4.65. The molecule has 2 aromatic carbocycles. The van der Waals surface area contributed by atoms with Crippen LogP contribution >= 0.6 is 11.3 Å². The molecule has 110 valence electrons. The molecule has 0 bridgehead atoms. The summed E-state index contributed by atoms with van der Waals surface area (Å²) in [6.07, 6.45) is 0. The van der Waals surface area contributed by atoms with E-state index in [1.165, 1.54) is 11.3 Å². The summed E-state index contributed by atoms with van der Waals surface area (Å²) in [5, 5.41) is 15.9. The Hall–Kier alpha value is -2.66. The van der Waals surface area contributed by atoms with Crippen LogP contribution < -0.4 is 0 Å². The number of benzene rings is 2. The summed E-state index contributed by atoms with van der Waals surface area (Å²) in [5.74, 6) is -1.10. The molecular weight excluding hydrogens is 298 g/mol. The van der Waals surface area contributed by atoms with Crippen LogP contribution in [0.4, 0.5) is 0 Å². The first-order valence-electron chi connectivity index (χ1n) is 6.69. The number of carboxylic acid groups (broad SMARTS) is 1. The number of aliphatic carboxylic acids is 1. The number of hydrogen-bond donors (Lipinski definition) is 1. The maximum absolute atomic E-state index is 11.5. The first kappa shape index (κ1) is 14.3. The van der Waals surface area contributed by atoms with Crippen LogP contribution in [0.2, 0.25) is 0 Å². The van der Waals surface area contributed by atoms with Crippen molar-refractivity contribution in [1.82, 2.24) is 0 Å². The monoisotopic (exact) mass is 311 g/mol. The molecule has 4 nitrogen and oxygen atoms in total. The molecule has 0 radical (unpaired) electrons. The zero-order chi connectivity index (χ0) is 15.4. The third kappa shape index (κ3) is 2.99. The Labute approximate surface area is 131 Å². The van der Waals surface area contributed by atoms with Crippen LogP contribution in [0.5, 0.6) is 0 Å². The van der Waals surface area contributed by atoms with Crippen LogP contribution in [0.3, 0.4) is 0 Å². The van der Waals surface area contributed by atoms with E-state index in [2.05, 4.69) is 5.16 Å². The Morgan fingerprint density at radius 1 is 1.09 bits per heavy atom. The molecule has 0 saturated heterocycles. The molecule has 0 amide bonds. The molecule has 0 atom stereocenters. The van der Waals surface area contributed by atoms with Gasteiger partial charge >= 0.3 is 5.97 Å². The van der Waals surface area contributed by atoms with Gasteiger partial charge in [0, 0.05) is 21.0 Å². The largest absolute Gasteiger partial charge is 0.476 e. The predicted molar refractivity (Wildman–Crippen MR) is 87.2 cm³/mol.